The number of carbonyl (C=O) groups is 2. The molecule has 0 saturated carbocycles. The fraction of sp³-hybridized carbons (Fsp3) is 0.250. The first-order valence-corrected chi connectivity index (χ1v) is 12.1. The average Bonchev–Trinajstić information content (AvgIpc) is 3.33. The van der Waals surface area contributed by atoms with Crippen molar-refractivity contribution in [3.8, 4) is 5.75 Å². The van der Waals surface area contributed by atoms with Gasteiger partial charge < -0.3 is 30.0 Å². The maximum absolute atomic E-state index is 13.5. The van der Waals surface area contributed by atoms with E-state index in [4.69, 9.17) is 9.47 Å². The zero-order valence-corrected chi connectivity index (χ0v) is 21.0. The minimum Gasteiger partial charge on any atom is -0.496 e. The van der Waals surface area contributed by atoms with Crippen LogP contribution in [0, 0.1) is 6.92 Å². The summed E-state index contributed by atoms with van der Waals surface area (Å²) in [5.74, 6) is 0.479. The Hall–Kier alpha value is -4.21. The van der Waals surface area contributed by atoms with Gasteiger partial charge in [0.15, 0.2) is 0 Å². The molecule has 190 valence electrons. The van der Waals surface area contributed by atoms with Crippen LogP contribution >= 0.6 is 0 Å². The van der Waals surface area contributed by atoms with E-state index in [1.54, 1.807) is 36.2 Å². The normalized spacial score (nSPS) is 15.4. The Morgan fingerprint density at radius 2 is 1.97 bits per heavy atom. The number of aromatic nitrogens is 2. The number of carbonyl (C=O) groups excluding carboxylic acids is 2. The number of methoxy groups -OCH3 is 1. The Morgan fingerprint density at radius 3 is 2.76 bits per heavy atom. The molecule has 1 aliphatic rings. The number of hydrogen-bond donors (Lipinski definition) is 3. The van der Waals surface area contributed by atoms with E-state index in [0.29, 0.717) is 41.2 Å². The second kappa shape index (κ2) is 10.4. The molecule has 1 unspecified atom stereocenters. The highest BCUT2D eigenvalue weighted by molar-refractivity contribution is 6.11. The van der Waals surface area contributed by atoms with Gasteiger partial charge in [0.25, 0.3) is 11.8 Å². The number of nitrogens with zero attached hydrogens (tertiary/aromatic N) is 2. The van der Waals surface area contributed by atoms with Crippen molar-refractivity contribution in [3.63, 3.8) is 0 Å². The molecule has 4 aromatic rings. The van der Waals surface area contributed by atoms with Gasteiger partial charge in [-0.3, -0.25) is 9.59 Å². The van der Waals surface area contributed by atoms with E-state index in [1.807, 2.05) is 43.3 Å². The average molecular weight is 500 g/mol. The van der Waals surface area contributed by atoms with Gasteiger partial charge >= 0.3 is 0 Å². The molecule has 1 aromatic heterocycles. The minimum absolute atomic E-state index is 0.136. The predicted octanol–water partition coefficient (Wildman–Crippen LogP) is 4.07. The van der Waals surface area contributed by atoms with Crippen molar-refractivity contribution in [2.45, 2.75) is 13.0 Å². The maximum atomic E-state index is 13.5. The first-order chi connectivity index (χ1) is 18.0. The number of aromatic amines is 1. The third kappa shape index (κ3) is 4.91. The molecule has 2 amide bonds. The lowest BCUT2D eigenvalue weighted by molar-refractivity contribution is 0.0280. The predicted molar refractivity (Wildman–Crippen MR) is 143 cm³/mol. The van der Waals surface area contributed by atoms with Crippen molar-refractivity contribution in [1.82, 2.24) is 15.3 Å². The molecular formula is C28H29N5O4. The van der Waals surface area contributed by atoms with E-state index in [-0.39, 0.29) is 17.9 Å². The van der Waals surface area contributed by atoms with Gasteiger partial charge in [0.2, 0.25) is 0 Å². The highest BCUT2D eigenvalue weighted by atomic mass is 16.5. The van der Waals surface area contributed by atoms with Crippen LogP contribution in [0.4, 0.5) is 11.4 Å². The van der Waals surface area contributed by atoms with Gasteiger partial charge in [-0.15, -0.1) is 0 Å². The van der Waals surface area contributed by atoms with Gasteiger partial charge in [0.1, 0.15) is 17.1 Å². The number of para-hydroxylation sites is 2. The zero-order chi connectivity index (χ0) is 25.9. The van der Waals surface area contributed by atoms with Gasteiger partial charge in [-0.1, -0.05) is 24.3 Å². The monoisotopic (exact) mass is 499 g/mol. The largest absolute Gasteiger partial charge is 0.496 e. The van der Waals surface area contributed by atoms with E-state index in [2.05, 4.69) is 20.6 Å². The Balaban J connectivity index is 1.39. The standard InChI is InChI=1S/C28H29N5O4/c1-17-30-21-8-6-9-22(26(21)31-17)32-27(34)20-12-11-18(15-24(20)36-3)28(35)33(2)23-10-5-4-7-19(23)25-16-29-13-14-37-25/h4-12,15,25,29H,13-14,16H2,1-3H3,(H,30,31)(H,32,34). The number of benzene rings is 3. The summed E-state index contributed by atoms with van der Waals surface area (Å²) in [5.41, 5.74) is 4.52. The number of imidazole rings is 1. The van der Waals surface area contributed by atoms with Crippen LogP contribution in [0.25, 0.3) is 11.0 Å². The number of morpholine rings is 1. The first-order valence-electron chi connectivity index (χ1n) is 12.1. The molecule has 37 heavy (non-hydrogen) atoms. The van der Waals surface area contributed by atoms with Crippen LogP contribution in [0.1, 0.15) is 38.2 Å². The molecule has 0 aliphatic carbocycles. The molecule has 2 heterocycles. The van der Waals surface area contributed by atoms with Crippen molar-refractivity contribution in [3.05, 3.63) is 83.2 Å². The Morgan fingerprint density at radius 1 is 1.14 bits per heavy atom. The van der Waals surface area contributed by atoms with Crippen LogP contribution in [0.2, 0.25) is 0 Å². The third-order valence-corrected chi connectivity index (χ3v) is 6.45. The van der Waals surface area contributed by atoms with E-state index in [0.717, 1.165) is 29.1 Å². The first kappa shape index (κ1) is 24.5. The number of H-pyrrole nitrogens is 1. The summed E-state index contributed by atoms with van der Waals surface area (Å²) in [6.45, 7) is 3.97. The van der Waals surface area contributed by atoms with Gasteiger partial charge in [0.05, 0.1) is 36.6 Å². The molecular weight excluding hydrogens is 470 g/mol. The Bertz CT molecular complexity index is 1460. The fourth-order valence-electron chi connectivity index (χ4n) is 4.59. The second-order valence-corrected chi connectivity index (χ2v) is 8.88. The summed E-state index contributed by atoms with van der Waals surface area (Å²) in [5, 5.41) is 6.25. The Kier molecular flexibility index (Phi) is 6.89. The fourth-order valence-corrected chi connectivity index (χ4v) is 4.59. The smallest absolute Gasteiger partial charge is 0.259 e. The minimum atomic E-state index is -0.357. The van der Waals surface area contributed by atoms with Crippen LogP contribution in [0.15, 0.2) is 60.7 Å². The second-order valence-electron chi connectivity index (χ2n) is 8.88. The van der Waals surface area contributed by atoms with Crippen molar-refractivity contribution >= 4 is 34.2 Å². The van der Waals surface area contributed by atoms with Crippen LogP contribution in [-0.2, 0) is 4.74 Å². The number of amides is 2. The summed E-state index contributed by atoms with van der Waals surface area (Å²) >= 11 is 0. The van der Waals surface area contributed by atoms with Crippen LogP contribution in [-0.4, -0.2) is 55.6 Å². The topological polar surface area (TPSA) is 109 Å². The van der Waals surface area contributed by atoms with Gasteiger partial charge in [0, 0.05) is 37.0 Å². The van der Waals surface area contributed by atoms with E-state index < -0.39 is 0 Å². The summed E-state index contributed by atoms with van der Waals surface area (Å²) in [4.78, 5) is 35.9. The van der Waals surface area contributed by atoms with Crippen molar-refractivity contribution in [2.24, 2.45) is 0 Å². The number of aryl methyl sites for hydroxylation is 1. The van der Waals surface area contributed by atoms with Crippen molar-refractivity contribution < 1.29 is 19.1 Å². The molecule has 0 radical (unpaired) electrons. The lowest BCUT2D eigenvalue weighted by atomic mass is 10.0. The third-order valence-electron chi connectivity index (χ3n) is 6.45. The van der Waals surface area contributed by atoms with Gasteiger partial charge in [-0.05, 0) is 43.3 Å². The summed E-state index contributed by atoms with van der Waals surface area (Å²) in [6.07, 6.45) is -0.136. The van der Waals surface area contributed by atoms with Crippen molar-refractivity contribution in [2.75, 3.05) is 44.1 Å². The summed E-state index contributed by atoms with van der Waals surface area (Å²) in [7, 11) is 3.21. The molecule has 5 rings (SSSR count). The molecule has 1 saturated heterocycles. The molecule has 3 N–H and O–H groups in total. The van der Waals surface area contributed by atoms with E-state index in [9.17, 15) is 9.59 Å². The quantitative estimate of drug-likeness (QED) is 0.369. The molecule has 0 spiro atoms. The van der Waals surface area contributed by atoms with Crippen LogP contribution in [0.3, 0.4) is 0 Å². The molecule has 1 atom stereocenters. The zero-order valence-electron chi connectivity index (χ0n) is 21.0. The lowest BCUT2D eigenvalue weighted by Crippen LogP contribution is -2.35. The molecule has 9 heteroatoms. The van der Waals surface area contributed by atoms with Gasteiger partial charge in [-0.2, -0.15) is 0 Å². The SMILES string of the molecule is COc1cc(C(=O)N(C)c2ccccc2C2CNCCO2)ccc1C(=O)Nc1cccc2[nH]c(C)nc12. The summed E-state index contributed by atoms with van der Waals surface area (Å²) in [6, 6.07) is 18.1. The molecule has 0 bridgehead atoms. The van der Waals surface area contributed by atoms with E-state index in [1.165, 1.54) is 7.11 Å². The molecule has 9 nitrogen and oxygen atoms in total. The Labute approximate surface area is 214 Å². The van der Waals surface area contributed by atoms with Crippen LogP contribution < -0.4 is 20.3 Å². The number of hydrogen-bond acceptors (Lipinski definition) is 6. The van der Waals surface area contributed by atoms with Crippen LogP contribution in [0.5, 0.6) is 5.75 Å². The number of fused-ring (bicyclic) bond motifs is 1. The maximum Gasteiger partial charge on any atom is 0.259 e. The molecule has 3 aromatic carbocycles. The number of ether oxygens (including phenoxy) is 2. The number of nitrogens with one attached hydrogen (secondary N) is 3. The highest BCUT2D eigenvalue weighted by Gasteiger charge is 2.24. The number of rotatable bonds is 6. The lowest BCUT2D eigenvalue weighted by Gasteiger charge is -2.28. The van der Waals surface area contributed by atoms with E-state index >= 15 is 0 Å². The molecule has 1 fully saturated rings. The molecule has 1 aliphatic heterocycles. The van der Waals surface area contributed by atoms with Crippen molar-refractivity contribution in [1.29, 1.82) is 0 Å². The number of anilines is 2. The summed E-state index contributed by atoms with van der Waals surface area (Å²) < 4.78 is 11.4. The highest BCUT2D eigenvalue weighted by Crippen LogP contribution is 2.31. The van der Waals surface area contributed by atoms with Gasteiger partial charge in [-0.25, -0.2) is 4.98 Å².